The van der Waals surface area contributed by atoms with E-state index < -0.39 is 4.92 Å². The van der Waals surface area contributed by atoms with Gasteiger partial charge in [-0.2, -0.15) is 5.10 Å². The molecule has 1 aromatic carbocycles. The van der Waals surface area contributed by atoms with E-state index in [4.69, 9.17) is 0 Å². The van der Waals surface area contributed by atoms with Crippen molar-refractivity contribution in [3.63, 3.8) is 0 Å². The molecule has 2 aromatic rings. The number of rotatable bonds is 4. The summed E-state index contributed by atoms with van der Waals surface area (Å²) in [5, 5.41) is 22.8. The van der Waals surface area contributed by atoms with Gasteiger partial charge in [0.2, 0.25) is 0 Å². The third-order valence-corrected chi connectivity index (χ3v) is 2.63. The summed E-state index contributed by atoms with van der Waals surface area (Å²) in [6.07, 6.45) is 4.82. The Kier molecular flexibility index (Phi) is 3.99. The molecule has 0 radical (unpaired) electrons. The third kappa shape index (κ3) is 2.94. The van der Waals surface area contributed by atoms with E-state index in [1.165, 1.54) is 6.07 Å². The molecule has 7 nitrogen and oxygen atoms in total. The fourth-order valence-electron chi connectivity index (χ4n) is 1.68. The van der Waals surface area contributed by atoms with Gasteiger partial charge in [0.1, 0.15) is 0 Å². The van der Waals surface area contributed by atoms with E-state index >= 15 is 0 Å². The first-order valence-electron chi connectivity index (χ1n) is 5.92. The number of aryl methyl sites for hydroxylation is 2. The number of benzene rings is 1. The number of para-hydroxylation sites is 1. The molecular formula is C13H13N5O2. The Labute approximate surface area is 115 Å². The van der Waals surface area contributed by atoms with Crippen LogP contribution in [0.1, 0.15) is 17.2 Å². The highest BCUT2D eigenvalue weighted by atomic mass is 16.6. The molecule has 20 heavy (non-hydrogen) atoms. The number of aromatic nitrogens is 3. The van der Waals surface area contributed by atoms with Gasteiger partial charge in [-0.25, -0.2) is 4.68 Å². The van der Waals surface area contributed by atoms with Crippen LogP contribution in [0.15, 0.2) is 35.4 Å². The van der Waals surface area contributed by atoms with Crippen LogP contribution in [-0.2, 0) is 0 Å². The highest BCUT2D eigenvalue weighted by Crippen LogP contribution is 2.18. The summed E-state index contributed by atoms with van der Waals surface area (Å²) < 4.78 is 1.59. The van der Waals surface area contributed by atoms with Crippen LogP contribution in [0.25, 0.3) is 6.08 Å². The molecule has 0 amide bonds. The zero-order chi connectivity index (χ0) is 14.5. The first kappa shape index (κ1) is 13.6. The standard InChI is InChI=1S/C13H13N5O2/c1-10-15-16-11(2)17(10)14-9-5-7-12-6-3-4-8-13(12)18(19)20/h3-9H,1-2H3. The number of nitrogens with zero attached hydrogens (tertiary/aromatic N) is 5. The van der Waals surface area contributed by atoms with Gasteiger partial charge in [-0.15, -0.1) is 10.2 Å². The molecule has 0 atom stereocenters. The smallest absolute Gasteiger partial charge is 0.258 e. The van der Waals surface area contributed by atoms with Crippen LogP contribution < -0.4 is 0 Å². The molecule has 1 heterocycles. The molecule has 0 saturated carbocycles. The van der Waals surface area contributed by atoms with Crippen molar-refractivity contribution in [1.29, 1.82) is 0 Å². The van der Waals surface area contributed by atoms with E-state index in [9.17, 15) is 10.1 Å². The molecule has 0 unspecified atom stereocenters. The van der Waals surface area contributed by atoms with Crippen LogP contribution in [0.3, 0.4) is 0 Å². The first-order chi connectivity index (χ1) is 9.59. The Morgan fingerprint density at radius 2 is 1.90 bits per heavy atom. The maximum Gasteiger partial charge on any atom is 0.276 e. The molecule has 0 saturated heterocycles. The fraction of sp³-hybridized carbons (Fsp3) is 0.154. The predicted molar refractivity (Wildman–Crippen MR) is 75.5 cm³/mol. The minimum Gasteiger partial charge on any atom is -0.258 e. The van der Waals surface area contributed by atoms with Crippen molar-refractivity contribution < 1.29 is 4.92 Å². The van der Waals surface area contributed by atoms with E-state index in [0.717, 1.165) is 0 Å². The van der Waals surface area contributed by atoms with E-state index in [1.54, 1.807) is 55.1 Å². The zero-order valence-electron chi connectivity index (χ0n) is 11.1. The SMILES string of the molecule is Cc1nnc(C)n1N=CC=Cc1ccccc1[N+](=O)[O-]. The van der Waals surface area contributed by atoms with Gasteiger partial charge in [0.05, 0.1) is 10.5 Å². The monoisotopic (exact) mass is 271 g/mol. The van der Waals surface area contributed by atoms with E-state index in [-0.39, 0.29) is 5.69 Å². The highest BCUT2D eigenvalue weighted by Gasteiger charge is 2.08. The Morgan fingerprint density at radius 3 is 2.55 bits per heavy atom. The first-order valence-corrected chi connectivity index (χ1v) is 5.92. The summed E-state index contributed by atoms with van der Waals surface area (Å²) in [5.74, 6) is 1.36. The quantitative estimate of drug-likeness (QED) is 0.485. The molecule has 0 aliphatic carbocycles. The molecule has 0 aliphatic rings. The van der Waals surface area contributed by atoms with Crippen molar-refractivity contribution in [2.75, 3.05) is 0 Å². The van der Waals surface area contributed by atoms with Crippen molar-refractivity contribution in [1.82, 2.24) is 14.9 Å². The van der Waals surface area contributed by atoms with E-state index in [1.807, 2.05) is 0 Å². The second kappa shape index (κ2) is 5.87. The van der Waals surface area contributed by atoms with Crippen LogP contribution >= 0.6 is 0 Å². The zero-order valence-corrected chi connectivity index (χ0v) is 11.1. The maximum atomic E-state index is 10.8. The summed E-state index contributed by atoms with van der Waals surface area (Å²) in [6, 6.07) is 6.52. The van der Waals surface area contributed by atoms with Crippen LogP contribution in [0.2, 0.25) is 0 Å². The van der Waals surface area contributed by atoms with Crippen molar-refractivity contribution >= 4 is 18.0 Å². The van der Waals surface area contributed by atoms with Gasteiger partial charge in [-0.1, -0.05) is 12.1 Å². The summed E-state index contributed by atoms with van der Waals surface area (Å²) in [6.45, 7) is 3.59. The van der Waals surface area contributed by atoms with Crippen LogP contribution in [0.5, 0.6) is 0 Å². The Bertz CT molecular complexity index is 668. The summed E-state index contributed by atoms with van der Waals surface area (Å²) >= 11 is 0. The molecule has 0 aliphatic heterocycles. The lowest BCUT2D eigenvalue weighted by Gasteiger charge is -1.96. The Morgan fingerprint density at radius 1 is 1.25 bits per heavy atom. The summed E-state index contributed by atoms with van der Waals surface area (Å²) in [5.41, 5.74) is 0.593. The van der Waals surface area contributed by atoms with Gasteiger partial charge in [0.25, 0.3) is 5.69 Å². The normalized spacial score (nSPS) is 11.5. The molecule has 0 bridgehead atoms. The molecule has 2 rings (SSSR count). The number of nitro benzene ring substituents is 1. The maximum absolute atomic E-state index is 10.8. The Balaban J connectivity index is 2.17. The topological polar surface area (TPSA) is 86.2 Å². The lowest BCUT2D eigenvalue weighted by molar-refractivity contribution is -0.385. The minimum absolute atomic E-state index is 0.0637. The van der Waals surface area contributed by atoms with Gasteiger partial charge in [-0.3, -0.25) is 10.1 Å². The molecule has 102 valence electrons. The van der Waals surface area contributed by atoms with Gasteiger partial charge in [-0.05, 0) is 32.1 Å². The van der Waals surface area contributed by atoms with Gasteiger partial charge in [0, 0.05) is 12.3 Å². The predicted octanol–water partition coefficient (Wildman–Crippen LogP) is 2.35. The van der Waals surface area contributed by atoms with Crippen molar-refractivity contribution in [3.8, 4) is 0 Å². The molecule has 7 heteroatoms. The number of nitro groups is 1. The number of hydrogen-bond donors (Lipinski definition) is 0. The third-order valence-electron chi connectivity index (χ3n) is 2.63. The Hall–Kier alpha value is -2.83. The van der Waals surface area contributed by atoms with E-state index in [2.05, 4.69) is 15.3 Å². The second-order valence-electron chi connectivity index (χ2n) is 4.05. The largest absolute Gasteiger partial charge is 0.276 e. The molecular weight excluding hydrogens is 258 g/mol. The van der Waals surface area contributed by atoms with Gasteiger partial charge < -0.3 is 0 Å². The second-order valence-corrected chi connectivity index (χ2v) is 4.05. The van der Waals surface area contributed by atoms with Gasteiger partial charge in [0.15, 0.2) is 11.6 Å². The molecule has 0 N–H and O–H groups in total. The van der Waals surface area contributed by atoms with Crippen molar-refractivity contribution in [2.45, 2.75) is 13.8 Å². The van der Waals surface area contributed by atoms with Crippen molar-refractivity contribution in [2.24, 2.45) is 5.10 Å². The van der Waals surface area contributed by atoms with E-state index in [0.29, 0.717) is 17.2 Å². The van der Waals surface area contributed by atoms with Gasteiger partial charge >= 0.3 is 0 Å². The fourth-order valence-corrected chi connectivity index (χ4v) is 1.68. The number of hydrogen-bond acceptors (Lipinski definition) is 5. The number of allylic oxidation sites excluding steroid dienone is 1. The molecule has 1 aromatic heterocycles. The van der Waals surface area contributed by atoms with Crippen LogP contribution in [-0.4, -0.2) is 26.0 Å². The average molecular weight is 271 g/mol. The molecule has 0 spiro atoms. The lowest BCUT2D eigenvalue weighted by Crippen LogP contribution is -1.94. The highest BCUT2D eigenvalue weighted by molar-refractivity contribution is 5.79. The molecule has 0 fully saturated rings. The van der Waals surface area contributed by atoms with Crippen molar-refractivity contribution in [3.05, 3.63) is 57.7 Å². The minimum atomic E-state index is -0.412. The van der Waals surface area contributed by atoms with Crippen LogP contribution in [0.4, 0.5) is 5.69 Å². The lowest BCUT2D eigenvalue weighted by atomic mass is 10.2. The average Bonchev–Trinajstić information content (AvgIpc) is 2.75. The summed E-state index contributed by atoms with van der Waals surface area (Å²) in [7, 11) is 0. The summed E-state index contributed by atoms with van der Waals surface area (Å²) in [4.78, 5) is 10.4. The van der Waals surface area contributed by atoms with Crippen LogP contribution in [0, 0.1) is 24.0 Å².